The van der Waals surface area contributed by atoms with Crippen LogP contribution in [0.4, 0.5) is 5.69 Å². The van der Waals surface area contributed by atoms with Gasteiger partial charge in [0.15, 0.2) is 0 Å². The molecule has 1 aliphatic rings. The van der Waals surface area contributed by atoms with Crippen molar-refractivity contribution in [3.63, 3.8) is 0 Å². The zero-order chi connectivity index (χ0) is 21.5. The maximum Gasteiger partial charge on any atom is 0.268 e. The van der Waals surface area contributed by atoms with Gasteiger partial charge in [0, 0.05) is 39.8 Å². The lowest BCUT2D eigenvalue weighted by atomic mass is 10.1. The van der Waals surface area contributed by atoms with Crippen molar-refractivity contribution in [2.24, 2.45) is 0 Å². The highest BCUT2D eigenvalue weighted by atomic mass is 32.1. The largest absolute Gasteiger partial charge is 0.355 e. The Labute approximate surface area is 181 Å². The summed E-state index contributed by atoms with van der Waals surface area (Å²) in [6, 6.07) is 10.9. The molecule has 8 heteroatoms. The summed E-state index contributed by atoms with van der Waals surface area (Å²) in [5.74, 6) is -0.207. The predicted octanol–water partition coefficient (Wildman–Crippen LogP) is 2.31. The first-order chi connectivity index (χ1) is 14.5. The summed E-state index contributed by atoms with van der Waals surface area (Å²) >= 11 is 1.38. The van der Waals surface area contributed by atoms with E-state index in [-0.39, 0.29) is 17.7 Å². The summed E-state index contributed by atoms with van der Waals surface area (Å²) in [6.45, 7) is 5.47. The van der Waals surface area contributed by atoms with Crippen LogP contribution in [0.25, 0.3) is 0 Å². The van der Waals surface area contributed by atoms with Crippen LogP contribution < -0.4 is 10.2 Å². The molecule has 1 aliphatic heterocycles. The molecular formula is C22H28N4O3S. The second-order valence-electron chi connectivity index (χ2n) is 7.23. The fraction of sp³-hybridized carbons (Fsp3) is 0.409. The molecule has 3 amide bonds. The number of benzene rings is 1. The summed E-state index contributed by atoms with van der Waals surface area (Å²) in [4.78, 5) is 44.0. The van der Waals surface area contributed by atoms with Gasteiger partial charge in [-0.3, -0.25) is 19.3 Å². The Morgan fingerprint density at radius 2 is 1.87 bits per heavy atom. The first kappa shape index (κ1) is 22.0. The van der Waals surface area contributed by atoms with Crippen LogP contribution in [0.2, 0.25) is 0 Å². The number of hydrogen-bond acceptors (Lipinski definition) is 5. The van der Waals surface area contributed by atoms with E-state index in [4.69, 9.17) is 0 Å². The molecule has 0 spiro atoms. The van der Waals surface area contributed by atoms with Crippen LogP contribution >= 0.6 is 11.3 Å². The Morgan fingerprint density at radius 1 is 1.07 bits per heavy atom. The van der Waals surface area contributed by atoms with E-state index in [1.165, 1.54) is 16.2 Å². The van der Waals surface area contributed by atoms with Gasteiger partial charge in [0.2, 0.25) is 5.91 Å². The Kier molecular flexibility index (Phi) is 7.59. The van der Waals surface area contributed by atoms with Crippen LogP contribution in [-0.2, 0) is 4.79 Å². The quantitative estimate of drug-likeness (QED) is 0.766. The minimum atomic E-state index is -0.130. The van der Waals surface area contributed by atoms with Crippen LogP contribution in [0, 0.1) is 0 Å². The molecule has 1 aromatic carbocycles. The van der Waals surface area contributed by atoms with Gasteiger partial charge in [-0.15, -0.1) is 11.3 Å². The fourth-order valence-electron chi connectivity index (χ4n) is 3.58. The van der Waals surface area contributed by atoms with Gasteiger partial charge in [0.25, 0.3) is 11.8 Å². The van der Waals surface area contributed by atoms with E-state index in [1.54, 1.807) is 25.2 Å². The second kappa shape index (κ2) is 10.4. The van der Waals surface area contributed by atoms with E-state index in [1.807, 2.05) is 35.4 Å². The normalized spacial score (nSPS) is 14.8. The second-order valence-corrected chi connectivity index (χ2v) is 8.18. The van der Waals surface area contributed by atoms with Gasteiger partial charge in [-0.05, 0) is 36.9 Å². The van der Waals surface area contributed by atoms with Gasteiger partial charge in [0.1, 0.15) is 0 Å². The number of carbonyl (C=O) groups is 3. The van der Waals surface area contributed by atoms with Crippen molar-refractivity contribution in [2.45, 2.75) is 13.3 Å². The van der Waals surface area contributed by atoms with Gasteiger partial charge >= 0.3 is 0 Å². The number of carbonyl (C=O) groups excluding carboxylic acids is 3. The summed E-state index contributed by atoms with van der Waals surface area (Å²) in [5.41, 5.74) is 1.12. The number of hydrogen-bond donors (Lipinski definition) is 1. The molecule has 0 saturated carbocycles. The van der Waals surface area contributed by atoms with Crippen molar-refractivity contribution < 1.29 is 14.4 Å². The van der Waals surface area contributed by atoms with Crippen molar-refractivity contribution >= 4 is 34.7 Å². The summed E-state index contributed by atoms with van der Waals surface area (Å²) in [7, 11) is 1.70. The Bertz CT molecular complexity index is 884. The SMILES string of the molecule is CCNC(=O)CN1CCCN(C(=O)c2ccccc2N(C)C(=O)c2cccs2)CC1. The Hall–Kier alpha value is -2.71. The van der Waals surface area contributed by atoms with Gasteiger partial charge in [0.05, 0.1) is 22.7 Å². The standard InChI is InChI=1S/C22H28N4O3S/c1-3-23-20(27)16-25-11-7-12-26(14-13-25)21(28)17-8-4-5-9-18(17)24(2)22(29)19-10-6-15-30-19/h4-6,8-10,15H,3,7,11-14,16H2,1-2H3,(H,23,27). The summed E-state index contributed by atoms with van der Waals surface area (Å²) in [5, 5.41) is 4.68. The van der Waals surface area contributed by atoms with Crippen molar-refractivity contribution in [3.8, 4) is 0 Å². The monoisotopic (exact) mass is 428 g/mol. The lowest BCUT2D eigenvalue weighted by Gasteiger charge is -2.25. The molecule has 0 radical (unpaired) electrons. The molecule has 7 nitrogen and oxygen atoms in total. The molecule has 160 valence electrons. The summed E-state index contributed by atoms with van der Waals surface area (Å²) in [6.07, 6.45) is 0.803. The molecule has 1 N–H and O–H groups in total. The molecule has 1 saturated heterocycles. The smallest absolute Gasteiger partial charge is 0.268 e. The van der Waals surface area contributed by atoms with E-state index in [0.29, 0.717) is 48.9 Å². The predicted molar refractivity (Wildman–Crippen MR) is 119 cm³/mol. The van der Waals surface area contributed by atoms with E-state index in [2.05, 4.69) is 10.2 Å². The number of amides is 3. The van der Waals surface area contributed by atoms with E-state index in [9.17, 15) is 14.4 Å². The third kappa shape index (κ3) is 5.25. The van der Waals surface area contributed by atoms with Crippen LogP contribution in [0.5, 0.6) is 0 Å². The van der Waals surface area contributed by atoms with E-state index < -0.39 is 0 Å². The number of anilines is 1. The number of nitrogens with one attached hydrogen (secondary N) is 1. The van der Waals surface area contributed by atoms with Crippen molar-refractivity contribution in [2.75, 3.05) is 51.2 Å². The third-order valence-electron chi connectivity index (χ3n) is 5.15. The number of para-hydroxylation sites is 1. The number of rotatable bonds is 6. The van der Waals surface area contributed by atoms with Gasteiger partial charge in [-0.25, -0.2) is 0 Å². The van der Waals surface area contributed by atoms with Gasteiger partial charge in [-0.1, -0.05) is 18.2 Å². The lowest BCUT2D eigenvalue weighted by Crippen LogP contribution is -2.40. The molecule has 0 bridgehead atoms. The molecule has 1 fully saturated rings. The average molecular weight is 429 g/mol. The Balaban J connectivity index is 1.71. The maximum absolute atomic E-state index is 13.3. The van der Waals surface area contributed by atoms with Crippen molar-refractivity contribution in [1.29, 1.82) is 0 Å². The fourth-order valence-corrected chi connectivity index (χ4v) is 4.28. The number of nitrogens with zero attached hydrogens (tertiary/aromatic N) is 3. The zero-order valence-electron chi connectivity index (χ0n) is 17.5. The molecule has 0 aliphatic carbocycles. The third-order valence-corrected chi connectivity index (χ3v) is 6.01. The molecule has 1 aromatic heterocycles. The minimum Gasteiger partial charge on any atom is -0.355 e. The minimum absolute atomic E-state index is 0.0105. The molecule has 2 aromatic rings. The molecular weight excluding hydrogens is 400 g/mol. The maximum atomic E-state index is 13.3. The highest BCUT2D eigenvalue weighted by molar-refractivity contribution is 7.12. The van der Waals surface area contributed by atoms with E-state index >= 15 is 0 Å². The zero-order valence-corrected chi connectivity index (χ0v) is 18.3. The van der Waals surface area contributed by atoms with Crippen LogP contribution in [-0.4, -0.2) is 73.8 Å². The molecule has 0 unspecified atom stereocenters. The average Bonchev–Trinajstić information content (AvgIpc) is 3.19. The lowest BCUT2D eigenvalue weighted by molar-refractivity contribution is -0.122. The number of thiophene rings is 1. The van der Waals surface area contributed by atoms with Gasteiger partial charge < -0.3 is 15.1 Å². The van der Waals surface area contributed by atoms with Crippen LogP contribution in [0.1, 0.15) is 33.4 Å². The van der Waals surface area contributed by atoms with Crippen molar-refractivity contribution in [1.82, 2.24) is 15.1 Å². The highest BCUT2D eigenvalue weighted by Crippen LogP contribution is 2.24. The van der Waals surface area contributed by atoms with Crippen LogP contribution in [0.3, 0.4) is 0 Å². The Morgan fingerprint density at radius 3 is 2.60 bits per heavy atom. The summed E-state index contributed by atoms with van der Waals surface area (Å²) < 4.78 is 0. The first-order valence-electron chi connectivity index (χ1n) is 10.2. The van der Waals surface area contributed by atoms with Crippen LogP contribution in [0.15, 0.2) is 41.8 Å². The first-order valence-corrected chi connectivity index (χ1v) is 11.1. The topological polar surface area (TPSA) is 73.0 Å². The highest BCUT2D eigenvalue weighted by Gasteiger charge is 2.25. The number of likely N-dealkylation sites (N-methyl/N-ethyl adjacent to an activating group) is 1. The molecule has 0 atom stereocenters. The molecule has 3 rings (SSSR count). The van der Waals surface area contributed by atoms with Crippen molar-refractivity contribution in [3.05, 3.63) is 52.2 Å². The molecule has 2 heterocycles. The molecule has 30 heavy (non-hydrogen) atoms. The van der Waals surface area contributed by atoms with Gasteiger partial charge in [-0.2, -0.15) is 0 Å². The van der Waals surface area contributed by atoms with E-state index in [0.717, 1.165) is 13.0 Å².